The molecule has 2 aliphatic rings. The number of carbonyl (C=O) groups is 2. The van der Waals surface area contributed by atoms with Gasteiger partial charge >= 0.3 is 0 Å². The minimum absolute atomic E-state index is 0.0474. The first-order valence-corrected chi connectivity index (χ1v) is 14.4. The Bertz CT molecular complexity index is 1440. The summed E-state index contributed by atoms with van der Waals surface area (Å²) >= 11 is 5.95. The first-order valence-electron chi connectivity index (χ1n) is 12.6. The molecular formula is C28H28ClN3O5S. The van der Waals surface area contributed by atoms with Crippen LogP contribution < -0.4 is 14.4 Å². The van der Waals surface area contributed by atoms with E-state index in [4.69, 9.17) is 16.3 Å². The van der Waals surface area contributed by atoms with Crippen molar-refractivity contribution < 1.29 is 22.7 Å². The fourth-order valence-corrected chi connectivity index (χ4v) is 6.34. The second-order valence-corrected chi connectivity index (χ2v) is 11.6. The van der Waals surface area contributed by atoms with Crippen molar-refractivity contribution in [3.8, 4) is 5.75 Å². The van der Waals surface area contributed by atoms with E-state index in [0.717, 1.165) is 25.7 Å². The molecule has 0 unspecified atom stereocenters. The van der Waals surface area contributed by atoms with Crippen molar-refractivity contribution in [2.75, 3.05) is 29.3 Å². The molecule has 3 aromatic rings. The highest BCUT2D eigenvalue weighted by molar-refractivity contribution is 7.92. The van der Waals surface area contributed by atoms with Crippen molar-refractivity contribution in [3.63, 3.8) is 0 Å². The summed E-state index contributed by atoms with van der Waals surface area (Å²) in [7, 11) is -4.02. The van der Waals surface area contributed by atoms with E-state index >= 15 is 0 Å². The lowest BCUT2D eigenvalue weighted by Crippen LogP contribution is -2.49. The molecule has 8 nitrogen and oxygen atoms in total. The fourth-order valence-electron chi connectivity index (χ4n) is 4.74. The number of hydrogen-bond donors (Lipinski definition) is 1. The number of rotatable bonds is 5. The minimum Gasteiger partial charge on any atom is -0.476 e. The molecule has 1 atom stereocenters. The molecule has 5 rings (SSSR count). The number of carbonyl (C=O) groups excluding carboxylic acids is 2. The molecule has 3 aromatic carbocycles. The molecule has 0 radical (unpaired) electrons. The van der Waals surface area contributed by atoms with Crippen LogP contribution in [0, 0.1) is 0 Å². The molecule has 38 heavy (non-hydrogen) atoms. The van der Waals surface area contributed by atoms with Crippen LogP contribution in [0.25, 0.3) is 0 Å². The third-order valence-electron chi connectivity index (χ3n) is 6.74. The van der Waals surface area contributed by atoms with Crippen molar-refractivity contribution in [3.05, 3.63) is 83.4 Å². The zero-order valence-corrected chi connectivity index (χ0v) is 22.2. The standard InChI is InChI=1S/C28H28ClN3O5S/c29-20-13-15-21(16-14-20)38(35,36)32-19-26(37-25-12-6-5-11-24(25)32)27(33)30-23-10-4-3-9-22(23)28(34)31-17-7-1-2-8-18-31/h3-6,9-16,26H,1-2,7-8,17-19H2,(H,30,33)/t26-/m0/s1. The third-order valence-corrected chi connectivity index (χ3v) is 8.78. The Hall–Kier alpha value is -3.56. The van der Waals surface area contributed by atoms with Crippen molar-refractivity contribution in [2.45, 2.75) is 36.7 Å². The molecule has 0 bridgehead atoms. The molecule has 10 heteroatoms. The van der Waals surface area contributed by atoms with Crippen molar-refractivity contribution >= 4 is 44.8 Å². The van der Waals surface area contributed by atoms with Crippen LogP contribution >= 0.6 is 11.6 Å². The van der Waals surface area contributed by atoms with E-state index in [9.17, 15) is 18.0 Å². The Labute approximate surface area is 227 Å². The molecule has 2 aliphatic heterocycles. The van der Waals surface area contributed by atoms with Gasteiger partial charge in [0.2, 0.25) is 0 Å². The molecule has 2 heterocycles. The predicted octanol–water partition coefficient (Wildman–Crippen LogP) is 4.95. The Morgan fingerprint density at radius 3 is 2.26 bits per heavy atom. The highest BCUT2D eigenvalue weighted by Crippen LogP contribution is 2.37. The Balaban J connectivity index is 1.41. The van der Waals surface area contributed by atoms with Crippen molar-refractivity contribution in [2.24, 2.45) is 0 Å². The number of nitrogens with one attached hydrogen (secondary N) is 1. The molecule has 0 aliphatic carbocycles. The lowest BCUT2D eigenvalue weighted by molar-refractivity contribution is -0.122. The van der Waals surface area contributed by atoms with Gasteiger partial charge < -0.3 is 15.0 Å². The summed E-state index contributed by atoms with van der Waals surface area (Å²) in [6.45, 7) is 1.12. The van der Waals surface area contributed by atoms with E-state index in [-0.39, 0.29) is 23.1 Å². The van der Waals surface area contributed by atoms with Gasteiger partial charge in [-0.3, -0.25) is 13.9 Å². The molecule has 0 aromatic heterocycles. The molecule has 2 amide bonds. The number of benzene rings is 3. The number of halogens is 1. The Morgan fingerprint density at radius 1 is 0.868 bits per heavy atom. The van der Waals surface area contributed by atoms with Crippen LogP contribution in [0.3, 0.4) is 0 Å². The van der Waals surface area contributed by atoms with Gasteiger partial charge in [0.15, 0.2) is 6.10 Å². The maximum absolute atomic E-state index is 13.6. The van der Waals surface area contributed by atoms with Gasteiger partial charge in [-0.2, -0.15) is 0 Å². The van der Waals surface area contributed by atoms with Crippen LogP contribution in [0.4, 0.5) is 11.4 Å². The maximum Gasteiger partial charge on any atom is 0.267 e. The van der Waals surface area contributed by atoms with E-state index < -0.39 is 22.0 Å². The van der Waals surface area contributed by atoms with Crippen LogP contribution in [-0.2, 0) is 14.8 Å². The molecule has 0 saturated carbocycles. The Kier molecular flexibility index (Phi) is 7.58. The lowest BCUT2D eigenvalue weighted by atomic mass is 10.1. The summed E-state index contributed by atoms with van der Waals surface area (Å²) in [5, 5.41) is 3.23. The van der Waals surface area contributed by atoms with Gasteiger partial charge in [0.25, 0.3) is 21.8 Å². The number of hydrogen-bond acceptors (Lipinski definition) is 5. The van der Waals surface area contributed by atoms with Gasteiger partial charge in [0, 0.05) is 18.1 Å². The van der Waals surface area contributed by atoms with E-state index in [1.165, 1.54) is 28.6 Å². The number of sulfonamides is 1. The van der Waals surface area contributed by atoms with Gasteiger partial charge in [-0.05, 0) is 61.4 Å². The topological polar surface area (TPSA) is 96.0 Å². The normalized spacial score (nSPS) is 17.7. The number of likely N-dealkylation sites (tertiary alicyclic amines) is 1. The number of anilines is 2. The maximum atomic E-state index is 13.6. The van der Waals surface area contributed by atoms with Crippen LogP contribution in [0.1, 0.15) is 36.0 Å². The predicted molar refractivity (Wildman–Crippen MR) is 146 cm³/mol. The second kappa shape index (κ2) is 11.0. The van der Waals surface area contributed by atoms with E-state index in [0.29, 0.717) is 35.1 Å². The average Bonchev–Trinajstić information content (AvgIpc) is 3.22. The smallest absolute Gasteiger partial charge is 0.267 e. The lowest BCUT2D eigenvalue weighted by Gasteiger charge is -2.34. The van der Waals surface area contributed by atoms with Gasteiger partial charge in [-0.25, -0.2) is 8.42 Å². The number of nitrogens with zero attached hydrogens (tertiary/aromatic N) is 2. The van der Waals surface area contributed by atoms with E-state index in [2.05, 4.69) is 5.32 Å². The van der Waals surface area contributed by atoms with Gasteiger partial charge in [-0.15, -0.1) is 0 Å². The summed E-state index contributed by atoms with van der Waals surface area (Å²) in [6.07, 6.45) is 2.95. The SMILES string of the molecule is O=C(Nc1ccccc1C(=O)N1CCCCCC1)[C@@H]1CN(S(=O)(=O)c2ccc(Cl)cc2)c2ccccc2O1. The van der Waals surface area contributed by atoms with Gasteiger partial charge in [-0.1, -0.05) is 48.7 Å². The first kappa shape index (κ1) is 26.1. The number of ether oxygens (including phenoxy) is 1. The van der Waals surface area contributed by atoms with Crippen molar-refractivity contribution in [1.29, 1.82) is 0 Å². The van der Waals surface area contributed by atoms with Gasteiger partial charge in [0.1, 0.15) is 5.75 Å². The van der Waals surface area contributed by atoms with Crippen LogP contribution in [0.15, 0.2) is 77.7 Å². The zero-order chi connectivity index (χ0) is 26.7. The highest BCUT2D eigenvalue weighted by atomic mass is 35.5. The summed E-state index contributed by atoms with van der Waals surface area (Å²) in [6, 6.07) is 19.4. The van der Waals surface area contributed by atoms with Gasteiger partial charge in [0.05, 0.1) is 28.4 Å². The molecule has 1 saturated heterocycles. The summed E-state index contributed by atoms with van der Waals surface area (Å²) in [4.78, 5) is 28.6. The average molecular weight is 554 g/mol. The van der Waals surface area contributed by atoms with Crippen molar-refractivity contribution in [1.82, 2.24) is 4.90 Å². The van der Waals surface area contributed by atoms with E-state index in [1.54, 1.807) is 48.5 Å². The highest BCUT2D eigenvalue weighted by Gasteiger charge is 2.38. The monoisotopic (exact) mass is 553 g/mol. The third kappa shape index (κ3) is 5.35. The fraction of sp³-hybridized carbons (Fsp3) is 0.286. The Morgan fingerprint density at radius 2 is 1.53 bits per heavy atom. The number of para-hydroxylation sites is 3. The summed E-state index contributed by atoms with van der Waals surface area (Å²) in [5.41, 5.74) is 1.09. The summed E-state index contributed by atoms with van der Waals surface area (Å²) in [5.74, 6) is -0.415. The summed E-state index contributed by atoms with van der Waals surface area (Å²) < 4.78 is 34.3. The second-order valence-electron chi connectivity index (χ2n) is 9.31. The quantitative estimate of drug-likeness (QED) is 0.482. The molecule has 1 fully saturated rings. The van der Waals surface area contributed by atoms with Crippen LogP contribution in [-0.4, -0.2) is 50.9 Å². The molecular weight excluding hydrogens is 526 g/mol. The minimum atomic E-state index is -4.02. The zero-order valence-electron chi connectivity index (χ0n) is 20.7. The van der Waals surface area contributed by atoms with Crippen LogP contribution in [0.5, 0.6) is 5.75 Å². The number of amides is 2. The van der Waals surface area contributed by atoms with E-state index in [1.807, 2.05) is 4.90 Å². The first-order chi connectivity index (χ1) is 18.3. The number of fused-ring (bicyclic) bond motifs is 1. The molecule has 198 valence electrons. The largest absolute Gasteiger partial charge is 0.476 e. The molecule has 0 spiro atoms. The molecule has 1 N–H and O–H groups in total. The van der Waals surface area contributed by atoms with Crippen LogP contribution in [0.2, 0.25) is 5.02 Å².